The smallest absolute Gasteiger partial charge is 0.272 e. The van der Waals surface area contributed by atoms with Crippen molar-refractivity contribution in [3.8, 4) is 0 Å². The standard InChI is InChI=1S/C18H37N5O3/c1-15(2)10-9-13-19-17(20-23(25)26)22(7)14-21(6)16(24)11-8-12-18(3,4)5/h15H,8-14H2,1-7H3,(H,19,20). The first-order chi connectivity index (χ1) is 11.9. The van der Waals surface area contributed by atoms with Crippen molar-refractivity contribution < 1.29 is 9.83 Å². The molecule has 8 heteroatoms. The van der Waals surface area contributed by atoms with E-state index in [1.807, 2.05) is 0 Å². The van der Waals surface area contributed by atoms with Crippen LogP contribution in [0.4, 0.5) is 0 Å². The molecule has 26 heavy (non-hydrogen) atoms. The molecule has 0 aliphatic heterocycles. The van der Waals surface area contributed by atoms with Crippen LogP contribution in [0.5, 0.6) is 0 Å². The topological polar surface area (TPSA) is 91.1 Å². The average Bonchev–Trinajstić information content (AvgIpc) is 2.48. The van der Waals surface area contributed by atoms with Gasteiger partial charge in [0.15, 0.2) is 5.03 Å². The van der Waals surface area contributed by atoms with Crippen LogP contribution in [-0.2, 0) is 4.79 Å². The molecule has 0 radical (unpaired) electrons. The van der Waals surface area contributed by atoms with Gasteiger partial charge in [-0.25, -0.2) is 10.1 Å². The van der Waals surface area contributed by atoms with E-state index in [0.29, 0.717) is 18.9 Å². The molecule has 152 valence electrons. The van der Waals surface area contributed by atoms with Gasteiger partial charge in [0.1, 0.15) is 5.10 Å². The maximum atomic E-state index is 12.2. The first kappa shape index (κ1) is 24.1. The number of nitrogens with zero attached hydrogens (tertiary/aromatic N) is 4. The molecule has 0 aromatic heterocycles. The third-order valence-corrected chi connectivity index (χ3v) is 3.95. The number of hydrazone groups is 1. The van der Waals surface area contributed by atoms with Crippen molar-refractivity contribution in [2.45, 2.75) is 66.7 Å². The van der Waals surface area contributed by atoms with E-state index in [-0.39, 0.29) is 24.0 Å². The summed E-state index contributed by atoms with van der Waals surface area (Å²) in [7, 11) is 3.40. The van der Waals surface area contributed by atoms with E-state index in [2.05, 4.69) is 45.0 Å². The van der Waals surface area contributed by atoms with Crippen molar-refractivity contribution in [2.24, 2.45) is 16.4 Å². The maximum Gasteiger partial charge on any atom is 0.272 e. The predicted molar refractivity (Wildman–Crippen MR) is 105 cm³/mol. The molecule has 0 aliphatic carbocycles. The van der Waals surface area contributed by atoms with Crippen LogP contribution in [-0.4, -0.2) is 54.0 Å². The highest BCUT2D eigenvalue weighted by Gasteiger charge is 2.17. The molecule has 1 N–H and O–H groups in total. The molecule has 0 atom stereocenters. The zero-order chi connectivity index (χ0) is 20.3. The number of guanidine groups is 1. The minimum atomic E-state index is -0.716. The van der Waals surface area contributed by atoms with Crippen LogP contribution in [0.25, 0.3) is 0 Å². The molecule has 0 unspecified atom stereocenters. The fraction of sp³-hybridized carbons (Fsp3) is 0.889. The molecule has 0 bridgehead atoms. The van der Waals surface area contributed by atoms with Crippen LogP contribution < -0.4 is 5.32 Å². The normalized spacial score (nSPS) is 12.2. The van der Waals surface area contributed by atoms with Crippen LogP contribution in [0.2, 0.25) is 0 Å². The Morgan fingerprint density at radius 2 is 1.81 bits per heavy atom. The van der Waals surface area contributed by atoms with Crippen molar-refractivity contribution in [3.63, 3.8) is 0 Å². The summed E-state index contributed by atoms with van der Waals surface area (Å²) in [5.74, 6) is 0.789. The Labute approximate surface area is 158 Å². The van der Waals surface area contributed by atoms with E-state index in [0.717, 1.165) is 25.7 Å². The number of hydrogen-bond acceptors (Lipinski definition) is 3. The summed E-state index contributed by atoms with van der Waals surface area (Å²) in [5.41, 5.74) is 0.209. The maximum absolute atomic E-state index is 12.2. The van der Waals surface area contributed by atoms with E-state index in [1.165, 1.54) is 0 Å². The van der Waals surface area contributed by atoms with Gasteiger partial charge < -0.3 is 15.1 Å². The lowest BCUT2D eigenvalue weighted by Crippen LogP contribution is -2.46. The summed E-state index contributed by atoms with van der Waals surface area (Å²) in [6.07, 6.45) is 4.23. The molecule has 0 aliphatic rings. The Morgan fingerprint density at radius 3 is 2.31 bits per heavy atom. The highest BCUT2D eigenvalue weighted by Crippen LogP contribution is 2.21. The molecule has 1 amide bonds. The highest BCUT2D eigenvalue weighted by molar-refractivity contribution is 5.80. The molecule has 0 aromatic carbocycles. The Bertz CT molecular complexity index is 472. The molecule has 8 nitrogen and oxygen atoms in total. The van der Waals surface area contributed by atoms with Gasteiger partial charge in [0.05, 0.1) is 6.67 Å². The van der Waals surface area contributed by atoms with E-state index in [4.69, 9.17) is 0 Å². The van der Waals surface area contributed by atoms with Gasteiger partial charge in [0.2, 0.25) is 5.91 Å². The Hall–Kier alpha value is -1.86. The molecule has 0 saturated heterocycles. The number of rotatable bonds is 10. The van der Waals surface area contributed by atoms with Crippen LogP contribution in [0.1, 0.15) is 66.7 Å². The summed E-state index contributed by atoms with van der Waals surface area (Å²) in [6.45, 7) is 11.6. The van der Waals surface area contributed by atoms with Gasteiger partial charge in [0, 0.05) is 27.1 Å². The Balaban J connectivity index is 4.54. The van der Waals surface area contributed by atoms with Crippen molar-refractivity contribution in [2.75, 3.05) is 27.3 Å². The van der Waals surface area contributed by atoms with E-state index in [1.54, 1.807) is 23.9 Å². The van der Waals surface area contributed by atoms with Crippen molar-refractivity contribution in [3.05, 3.63) is 10.1 Å². The molecular formula is C18H37N5O3. The molecule has 0 saturated carbocycles. The number of carbonyl (C=O) groups excluding carboxylic acids is 1. The van der Waals surface area contributed by atoms with Crippen molar-refractivity contribution >= 4 is 11.9 Å². The van der Waals surface area contributed by atoms with Crippen molar-refractivity contribution in [1.82, 2.24) is 15.1 Å². The fourth-order valence-electron chi connectivity index (χ4n) is 2.46. The van der Waals surface area contributed by atoms with Gasteiger partial charge in [-0.1, -0.05) is 34.6 Å². The number of amides is 1. The zero-order valence-corrected chi connectivity index (χ0v) is 17.5. The molecule has 0 fully saturated rings. The molecule has 0 aromatic rings. The minimum absolute atomic E-state index is 0.0290. The molecule has 0 rings (SSSR count). The van der Waals surface area contributed by atoms with Crippen LogP contribution in [0.3, 0.4) is 0 Å². The van der Waals surface area contributed by atoms with E-state index < -0.39 is 5.03 Å². The fourth-order valence-corrected chi connectivity index (χ4v) is 2.46. The third-order valence-electron chi connectivity index (χ3n) is 3.95. The second-order valence-electron chi connectivity index (χ2n) is 8.47. The summed E-state index contributed by atoms with van der Waals surface area (Å²) in [5, 5.41) is 16.5. The second-order valence-corrected chi connectivity index (χ2v) is 8.47. The minimum Gasteiger partial charge on any atom is -0.351 e. The SMILES string of the molecule is CC(C)CCCN/C(=N/[N+](=O)[O-])N(C)CN(C)C(=O)CCCC(C)(C)C. The lowest BCUT2D eigenvalue weighted by atomic mass is 9.90. The largest absolute Gasteiger partial charge is 0.351 e. The first-order valence-corrected chi connectivity index (χ1v) is 9.34. The summed E-state index contributed by atoms with van der Waals surface area (Å²) < 4.78 is 0. The average molecular weight is 372 g/mol. The Morgan fingerprint density at radius 1 is 1.19 bits per heavy atom. The summed E-state index contributed by atoms with van der Waals surface area (Å²) in [6, 6.07) is 0. The first-order valence-electron chi connectivity index (χ1n) is 9.34. The highest BCUT2D eigenvalue weighted by atomic mass is 16.7. The quantitative estimate of drug-likeness (QED) is 0.159. The van der Waals surface area contributed by atoms with Gasteiger partial charge in [-0.2, -0.15) is 0 Å². The molecular weight excluding hydrogens is 334 g/mol. The lowest BCUT2D eigenvalue weighted by Gasteiger charge is -2.26. The van der Waals surface area contributed by atoms with Gasteiger partial charge in [0.25, 0.3) is 5.96 Å². The van der Waals surface area contributed by atoms with Crippen LogP contribution >= 0.6 is 0 Å². The molecule has 0 heterocycles. The number of nitro groups is 1. The second kappa shape index (κ2) is 11.7. The summed E-state index contributed by atoms with van der Waals surface area (Å²) in [4.78, 5) is 26.2. The number of hydrogen-bond donors (Lipinski definition) is 1. The van der Waals surface area contributed by atoms with Crippen molar-refractivity contribution in [1.29, 1.82) is 0 Å². The number of carbonyl (C=O) groups is 1. The predicted octanol–water partition coefficient (Wildman–Crippen LogP) is 3.12. The zero-order valence-electron chi connectivity index (χ0n) is 17.5. The van der Waals surface area contributed by atoms with Gasteiger partial charge in [-0.15, -0.1) is 0 Å². The van der Waals surface area contributed by atoms with E-state index >= 15 is 0 Å². The summed E-state index contributed by atoms with van der Waals surface area (Å²) >= 11 is 0. The van der Waals surface area contributed by atoms with Crippen LogP contribution in [0.15, 0.2) is 5.10 Å². The molecule has 0 spiro atoms. The third kappa shape index (κ3) is 12.5. The monoisotopic (exact) mass is 371 g/mol. The van der Waals surface area contributed by atoms with Gasteiger partial charge >= 0.3 is 0 Å². The Kier molecular flexibility index (Phi) is 10.9. The van der Waals surface area contributed by atoms with Gasteiger partial charge in [-0.05, 0) is 37.0 Å². The lowest BCUT2D eigenvalue weighted by molar-refractivity contribution is -0.485. The van der Waals surface area contributed by atoms with E-state index in [9.17, 15) is 14.9 Å². The number of nitrogens with one attached hydrogen (secondary N) is 1. The van der Waals surface area contributed by atoms with Crippen LogP contribution in [0, 0.1) is 21.4 Å². The van der Waals surface area contributed by atoms with Gasteiger partial charge in [-0.3, -0.25) is 4.79 Å².